The standard InChI is InChI=1S/C16H15N3O2/c20-16(19-12-17-11-18-19)10-13-6-4-5-9-15(13)21-14-7-2-1-3-8-14/h1-9,11-12,16,20H,10H2. The van der Waals surface area contributed by atoms with E-state index in [4.69, 9.17) is 4.74 Å². The van der Waals surface area contributed by atoms with Crippen LogP contribution in [0, 0.1) is 0 Å². The van der Waals surface area contributed by atoms with E-state index in [2.05, 4.69) is 10.1 Å². The Balaban J connectivity index is 1.79. The van der Waals surface area contributed by atoms with Crippen molar-refractivity contribution in [3.63, 3.8) is 0 Å². The average molecular weight is 281 g/mol. The monoisotopic (exact) mass is 281 g/mol. The topological polar surface area (TPSA) is 60.2 Å². The van der Waals surface area contributed by atoms with Gasteiger partial charge < -0.3 is 9.84 Å². The van der Waals surface area contributed by atoms with Crippen molar-refractivity contribution in [1.82, 2.24) is 14.8 Å². The lowest BCUT2D eigenvalue weighted by Gasteiger charge is -2.14. The SMILES string of the molecule is OC(Cc1ccccc1Oc1ccccc1)n1cncn1. The average Bonchev–Trinajstić information content (AvgIpc) is 3.05. The van der Waals surface area contributed by atoms with Crippen molar-refractivity contribution in [3.05, 3.63) is 72.8 Å². The summed E-state index contributed by atoms with van der Waals surface area (Å²) in [6.07, 6.45) is 2.51. The van der Waals surface area contributed by atoms with Crippen LogP contribution in [0.2, 0.25) is 0 Å². The maximum Gasteiger partial charge on any atom is 0.152 e. The highest BCUT2D eigenvalue weighted by Gasteiger charge is 2.12. The summed E-state index contributed by atoms with van der Waals surface area (Å²) in [4.78, 5) is 3.84. The number of hydrogen-bond donors (Lipinski definition) is 1. The molecule has 1 N–H and O–H groups in total. The Morgan fingerprint density at radius 2 is 1.81 bits per heavy atom. The van der Waals surface area contributed by atoms with E-state index in [1.54, 1.807) is 0 Å². The molecule has 1 aromatic heterocycles. The van der Waals surface area contributed by atoms with Gasteiger partial charge in [0.1, 0.15) is 24.2 Å². The number of ether oxygens (including phenoxy) is 1. The number of hydrogen-bond acceptors (Lipinski definition) is 4. The first-order valence-electron chi connectivity index (χ1n) is 6.66. The Morgan fingerprint density at radius 1 is 1.05 bits per heavy atom. The van der Waals surface area contributed by atoms with Crippen molar-refractivity contribution in [1.29, 1.82) is 0 Å². The largest absolute Gasteiger partial charge is 0.457 e. The first kappa shape index (κ1) is 13.3. The molecule has 0 aliphatic carbocycles. The van der Waals surface area contributed by atoms with E-state index >= 15 is 0 Å². The summed E-state index contributed by atoms with van der Waals surface area (Å²) >= 11 is 0. The van der Waals surface area contributed by atoms with Crippen LogP contribution in [0.4, 0.5) is 0 Å². The minimum Gasteiger partial charge on any atom is -0.457 e. The highest BCUT2D eigenvalue weighted by Crippen LogP contribution is 2.27. The van der Waals surface area contributed by atoms with Gasteiger partial charge in [-0.2, -0.15) is 5.10 Å². The molecule has 0 aliphatic heterocycles. The van der Waals surface area contributed by atoms with Crippen LogP contribution in [-0.4, -0.2) is 19.9 Å². The van der Waals surface area contributed by atoms with Crippen LogP contribution in [0.25, 0.3) is 0 Å². The van der Waals surface area contributed by atoms with Crippen LogP contribution in [0.15, 0.2) is 67.3 Å². The van der Waals surface area contributed by atoms with Gasteiger partial charge in [-0.3, -0.25) is 0 Å². The highest BCUT2D eigenvalue weighted by molar-refractivity contribution is 5.37. The number of benzene rings is 2. The molecule has 21 heavy (non-hydrogen) atoms. The molecule has 5 heteroatoms. The van der Waals surface area contributed by atoms with Crippen LogP contribution in [-0.2, 0) is 6.42 Å². The Morgan fingerprint density at radius 3 is 2.57 bits per heavy atom. The van der Waals surface area contributed by atoms with Crippen molar-refractivity contribution in [2.45, 2.75) is 12.6 Å². The lowest BCUT2D eigenvalue weighted by Crippen LogP contribution is -2.12. The summed E-state index contributed by atoms with van der Waals surface area (Å²) in [5, 5.41) is 14.1. The number of aromatic nitrogens is 3. The number of aliphatic hydroxyl groups is 1. The molecule has 106 valence electrons. The molecule has 0 spiro atoms. The molecule has 0 fully saturated rings. The fourth-order valence-corrected chi connectivity index (χ4v) is 2.05. The van der Waals surface area contributed by atoms with Gasteiger partial charge in [0.25, 0.3) is 0 Å². The minimum atomic E-state index is -0.770. The molecule has 1 unspecified atom stereocenters. The van der Waals surface area contributed by atoms with Crippen LogP contribution in [0.1, 0.15) is 11.8 Å². The van der Waals surface area contributed by atoms with Crippen molar-refractivity contribution < 1.29 is 9.84 Å². The third-order valence-electron chi connectivity index (χ3n) is 3.09. The number of aliphatic hydroxyl groups excluding tert-OH is 1. The van der Waals surface area contributed by atoms with Gasteiger partial charge in [-0.1, -0.05) is 36.4 Å². The van der Waals surface area contributed by atoms with Crippen molar-refractivity contribution in [3.8, 4) is 11.5 Å². The van der Waals surface area contributed by atoms with Gasteiger partial charge in [0.2, 0.25) is 0 Å². The molecule has 5 nitrogen and oxygen atoms in total. The van der Waals surface area contributed by atoms with Gasteiger partial charge in [-0.15, -0.1) is 0 Å². The van der Waals surface area contributed by atoms with Crippen molar-refractivity contribution in [2.75, 3.05) is 0 Å². The Labute approximate surface area is 122 Å². The summed E-state index contributed by atoms with van der Waals surface area (Å²) in [6.45, 7) is 0. The minimum absolute atomic E-state index is 0.395. The van der Waals surface area contributed by atoms with E-state index in [1.165, 1.54) is 17.3 Å². The van der Waals surface area contributed by atoms with Gasteiger partial charge in [0.05, 0.1) is 0 Å². The Bertz CT molecular complexity index is 684. The zero-order valence-corrected chi connectivity index (χ0v) is 11.3. The quantitative estimate of drug-likeness (QED) is 0.781. The van der Waals surface area contributed by atoms with E-state index in [0.29, 0.717) is 6.42 Å². The molecule has 0 saturated carbocycles. The van der Waals surface area contributed by atoms with Crippen molar-refractivity contribution in [2.24, 2.45) is 0 Å². The van der Waals surface area contributed by atoms with Crippen LogP contribution in [0.5, 0.6) is 11.5 Å². The predicted octanol–water partition coefficient (Wildman–Crippen LogP) is 2.80. The molecule has 0 saturated heterocycles. The molecule has 1 atom stereocenters. The molecular weight excluding hydrogens is 266 g/mol. The second kappa shape index (κ2) is 6.19. The van der Waals surface area contributed by atoms with E-state index in [0.717, 1.165) is 17.1 Å². The molecule has 3 aromatic rings. The first-order valence-corrected chi connectivity index (χ1v) is 6.66. The van der Waals surface area contributed by atoms with Gasteiger partial charge >= 0.3 is 0 Å². The first-order chi connectivity index (χ1) is 10.3. The number of nitrogens with zero attached hydrogens (tertiary/aromatic N) is 3. The summed E-state index contributed by atoms with van der Waals surface area (Å²) in [7, 11) is 0. The van der Waals surface area contributed by atoms with E-state index in [1.807, 2.05) is 54.6 Å². The molecule has 0 bridgehead atoms. The highest BCUT2D eigenvalue weighted by atomic mass is 16.5. The Hall–Kier alpha value is -2.66. The maximum atomic E-state index is 10.2. The van der Waals surface area contributed by atoms with Crippen LogP contribution in [0.3, 0.4) is 0 Å². The lowest BCUT2D eigenvalue weighted by atomic mass is 10.1. The van der Waals surface area contributed by atoms with Gasteiger partial charge in [0.15, 0.2) is 6.23 Å². The third-order valence-corrected chi connectivity index (χ3v) is 3.09. The zero-order chi connectivity index (χ0) is 14.5. The number of para-hydroxylation sites is 2. The molecule has 1 heterocycles. The fourth-order valence-electron chi connectivity index (χ4n) is 2.05. The lowest BCUT2D eigenvalue weighted by molar-refractivity contribution is 0.0901. The predicted molar refractivity (Wildman–Crippen MR) is 77.9 cm³/mol. The second-order valence-electron chi connectivity index (χ2n) is 4.58. The van der Waals surface area contributed by atoms with E-state index in [-0.39, 0.29) is 0 Å². The molecule has 3 rings (SSSR count). The van der Waals surface area contributed by atoms with E-state index < -0.39 is 6.23 Å². The Kier molecular flexibility index (Phi) is 3.93. The summed E-state index contributed by atoms with van der Waals surface area (Å²) in [6, 6.07) is 17.2. The smallest absolute Gasteiger partial charge is 0.152 e. The zero-order valence-electron chi connectivity index (χ0n) is 11.3. The second-order valence-corrected chi connectivity index (χ2v) is 4.58. The number of rotatable bonds is 5. The maximum absolute atomic E-state index is 10.2. The third kappa shape index (κ3) is 3.27. The van der Waals surface area contributed by atoms with Crippen molar-refractivity contribution >= 4 is 0 Å². The van der Waals surface area contributed by atoms with Gasteiger partial charge in [0, 0.05) is 6.42 Å². The summed E-state index contributed by atoms with van der Waals surface area (Å²) < 4.78 is 7.29. The van der Waals surface area contributed by atoms with Gasteiger partial charge in [-0.25, -0.2) is 9.67 Å². The molecule has 0 amide bonds. The summed E-state index contributed by atoms with van der Waals surface area (Å²) in [5.74, 6) is 1.49. The fraction of sp³-hybridized carbons (Fsp3) is 0.125. The van der Waals surface area contributed by atoms with E-state index in [9.17, 15) is 5.11 Å². The molecular formula is C16H15N3O2. The molecule has 0 aliphatic rings. The van der Waals surface area contributed by atoms with Crippen LogP contribution < -0.4 is 4.74 Å². The normalized spacial score (nSPS) is 12.0. The van der Waals surface area contributed by atoms with Crippen LogP contribution >= 0.6 is 0 Å². The molecule has 0 radical (unpaired) electrons. The summed E-state index contributed by atoms with van der Waals surface area (Å²) in [5.41, 5.74) is 0.907. The van der Waals surface area contributed by atoms with Gasteiger partial charge in [-0.05, 0) is 23.8 Å². The molecule has 2 aromatic carbocycles.